The van der Waals surface area contributed by atoms with Crippen molar-refractivity contribution in [1.82, 2.24) is 20.4 Å². The van der Waals surface area contributed by atoms with Crippen LogP contribution in [-0.2, 0) is 25.6 Å². The first-order valence-electron chi connectivity index (χ1n) is 12.6. The van der Waals surface area contributed by atoms with Crippen LogP contribution in [-0.4, -0.2) is 104 Å². The minimum atomic E-state index is -1.49. The van der Waals surface area contributed by atoms with Crippen molar-refractivity contribution in [2.24, 2.45) is 5.73 Å². The molecule has 0 saturated carbocycles. The third kappa shape index (κ3) is 6.05. The minimum absolute atomic E-state index is 0.122. The molecule has 0 bridgehead atoms. The lowest BCUT2D eigenvalue weighted by atomic mass is 9.86. The van der Waals surface area contributed by atoms with Gasteiger partial charge in [0.15, 0.2) is 0 Å². The van der Waals surface area contributed by atoms with Crippen molar-refractivity contribution >= 4 is 29.7 Å². The number of nitrogens with one attached hydrogen (secondary N) is 2. The summed E-state index contributed by atoms with van der Waals surface area (Å²) in [4.78, 5) is 66.5. The molecule has 2 aliphatic rings. The maximum absolute atomic E-state index is 14.0. The summed E-state index contributed by atoms with van der Waals surface area (Å²) < 4.78 is 0. The van der Waals surface area contributed by atoms with Crippen LogP contribution < -0.4 is 16.4 Å². The number of aliphatic hydroxyl groups excluding tert-OH is 2. The fourth-order valence-corrected chi connectivity index (χ4v) is 5.34. The van der Waals surface area contributed by atoms with Crippen LogP contribution in [0.1, 0.15) is 38.2 Å². The maximum atomic E-state index is 14.0. The smallest absolute Gasteiger partial charge is 0.405 e. The minimum Gasteiger partial charge on any atom is -0.465 e. The number of carbonyl (C=O) groups is 5. The molecule has 1 aromatic carbocycles. The van der Waals surface area contributed by atoms with Crippen LogP contribution in [0, 0.1) is 0 Å². The van der Waals surface area contributed by atoms with Gasteiger partial charge < -0.3 is 41.5 Å². The molecule has 4 unspecified atom stereocenters. The summed E-state index contributed by atoms with van der Waals surface area (Å²) in [7, 11) is 0. The van der Waals surface area contributed by atoms with Gasteiger partial charge in [0.25, 0.3) is 0 Å². The number of rotatable bonds is 10. The van der Waals surface area contributed by atoms with Gasteiger partial charge >= 0.3 is 6.09 Å². The van der Waals surface area contributed by atoms with Gasteiger partial charge in [-0.15, -0.1) is 0 Å². The molecule has 0 radical (unpaired) electrons. The van der Waals surface area contributed by atoms with E-state index in [9.17, 15) is 34.2 Å². The van der Waals surface area contributed by atoms with Crippen molar-refractivity contribution in [2.75, 3.05) is 19.7 Å². The molecule has 2 saturated heterocycles. The predicted molar refractivity (Wildman–Crippen MR) is 133 cm³/mol. The van der Waals surface area contributed by atoms with Crippen LogP contribution in [0.25, 0.3) is 0 Å². The number of benzene rings is 1. The SMILES string of the molecule is CC(O)C(NC(=O)C1(Cc2ccccc2)CCCN1C(=O)[C@@H]1CCCN1C(=O)C(CO)NC(=O)O)C(N)=O. The third-order valence-corrected chi connectivity index (χ3v) is 7.19. The molecule has 0 aliphatic carbocycles. The second-order valence-electron chi connectivity index (χ2n) is 9.76. The Morgan fingerprint density at radius 1 is 1.11 bits per heavy atom. The predicted octanol–water partition coefficient (Wildman–Crippen LogP) is -1.44. The monoisotopic (exact) mass is 533 g/mol. The molecule has 3 rings (SSSR count). The topological polar surface area (TPSA) is 203 Å². The van der Waals surface area contributed by atoms with Crippen molar-refractivity contribution < 1.29 is 39.3 Å². The van der Waals surface area contributed by atoms with Crippen LogP contribution >= 0.6 is 0 Å². The number of hydrogen-bond donors (Lipinski definition) is 6. The second-order valence-corrected chi connectivity index (χ2v) is 9.76. The normalized spacial score (nSPS) is 23.4. The standard InChI is InChI=1S/C25H35N5O8/c1-15(32)19(20(26)33)28-23(36)25(13-16-7-3-2-4-8-16)10-6-12-30(25)22(35)18-9-5-11-29(18)21(34)17(14-31)27-24(37)38/h2-4,7-8,15,17-19,27,31-32H,5-6,9-14H2,1H3,(H2,26,33)(H,28,36)(H,37,38)/t15?,17?,18-,19?,25?/m0/s1. The van der Waals surface area contributed by atoms with Gasteiger partial charge in [0.1, 0.15) is 23.7 Å². The van der Waals surface area contributed by atoms with Crippen LogP contribution in [0.5, 0.6) is 0 Å². The van der Waals surface area contributed by atoms with E-state index in [0.29, 0.717) is 19.3 Å². The Hall–Kier alpha value is -3.71. The number of aliphatic hydroxyl groups is 2. The van der Waals surface area contributed by atoms with E-state index < -0.39 is 66.1 Å². The van der Waals surface area contributed by atoms with Crippen molar-refractivity contribution in [3.05, 3.63) is 35.9 Å². The molecule has 2 heterocycles. The summed E-state index contributed by atoms with van der Waals surface area (Å²) in [6.45, 7) is 0.942. The van der Waals surface area contributed by atoms with E-state index in [1.807, 2.05) is 23.5 Å². The Balaban J connectivity index is 1.95. The second kappa shape index (κ2) is 12.2. The molecule has 7 N–H and O–H groups in total. The Labute approximate surface area is 220 Å². The van der Waals surface area contributed by atoms with Crippen LogP contribution in [0.3, 0.4) is 0 Å². The molecular weight excluding hydrogens is 498 g/mol. The number of nitrogens with zero attached hydrogens (tertiary/aromatic N) is 2. The fraction of sp³-hybridized carbons (Fsp3) is 0.560. The molecule has 0 aromatic heterocycles. The van der Waals surface area contributed by atoms with E-state index in [1.54, 1.807) is 12.1 Å². The summed E-state index contributed by atoms with van der Waals surface area (Å²) in [6, 6.07) is 5.27. The molecule has 0 spiro atoms. The van der Waals surface area contributed by atoms with Gasteiger partial charge in [0.2, 0.25) is 23.6 Å². The number of amides is 5. The highest BCUT2D eigenvalue weighted by atomic mass is 16.4. The van der Waals surface area contributed by atoms with Crippen molar-refractivity contribution in [2.45, 2.75) is 68.8 Å². The highest BCUT2D eigenvalue weighted by Gasteiger charge is 2.53. The van der Waals surface area contributed by atoms with E-state index in [1.165, 1.54) is 16.7 Å². The van der Waals surface area contributed by atoms with Crippen molar-refractivity contribution in [3.8, 4) is 0 Å². The zero-order valence-corrected chi connectivity index (χ0v) is 21.2. The number of likely N-dealkylation sites (tertiary alicyclic amines) is 2. The number of hydrogen-bond acceptors (Lipinski definition) is 7. The van der Waals surface area contributed by atoms with Gasteiger partial charge in [-0.25, -0.2) is 4.79 Å². The lowest BCUT2D eigenvalue weighted by Crippen LogP contribution is -2.65. The summed E-state index contributed by atoms with van der Waals surface area (Å²) in [5.74, 6) is -2.79. The van der Waals surface area contributed by atoms with Gasteiger partial charge in [-0.2, -0.15) is 0 Å². The quantitative estimate of drug-likeness (QED) is 0.210. The lowest BCUT2D eigenvalue weighted by molar-refractivity contribution is -0.152. The zero-order valence-electron chi connectivity index (χ0n) is 21.2. The molecule has 208 valence electrons. The Bertz CT molecular complexity index is 1050. The Kier molecular flexibility index (Phi) is 9.28. The van der Waals surface area contributed by atoms with Gasteiger partial charge in [0.05, 0.1) is 12.7 Å². The fourth-order valence-electron chi connectivity index (χ4n) is 5.34. The maximum Gasteiger partial charge on any atom is 0.405 e. The molecule has 38 heavy (non-hydrogen) atoms. The molecule has 13 heteroatoms. The van der Waals surface area contributed by atoms with Crippen molar-refractivity contribution in [3.63, 3.8) is 0 Å². The van der Waals surface area contributed by atoms with Gasteiger partial charge in [-0.1, -0.05) is 30.3 Å². The lowest BCUT2D eigenvalue weighted by Gasteiger charge is -2.41. The molecule has 2 aliphatic heterocycles. The van der Waals surface area contributed by atoms with Crippen LogP contribution in [0.2, 0.25) is 0 Å². The van der Waals surface area contributed by atoms with E-state index in [0.717, 1.165) is 5.56 Å². The van der Waals surface area contributed by atoms with E-state index in [-0.39, 0.29) is 25.9 Å². The Morgan fingerprint density at radius 3 is 2.37 bits per heavy atom. The van der Waals surface area contributed by atoms with Gasteiger partial charge in [0, 0.05) is 19.5 Å². The average Bonchev–Trinajstić information content (AvgIpc) is 3.53. The molecular formula is C25H35N5O8. The third-order valence-electron chi connectivity index (χ3n) is 7.19. The van der Waals surface area contributed by atoms with Gasteiger partial charge in [-0.3, -0.25) is 19.2 Å². The number of primary amides is 1. The van der Waals surface area contributed by atoms with E-state index in [2.05, 4.69) is 5.32 Å². The van der Waals surface area contributed by atoms with E-state index in [4.69, 9.17) is 10.8 Å². The van der Waals surface area contributed by atoms with E-state index >= 15 is 0 Å². The first-order valence-corrected chi connectivity index (χ1v) is 12.6. The number of nitrogens with two attached hydrogens (primary N) is 1. The number of carbonyl (C=O) groups excluding carboxylic acids is 4. The van der Waals surface area contributed by atoms with Crippen LogP contribution in [0.15, 0.2) is 30.3 Å². The molecule has 13 nitrogen and oxygen atoms in total. The highest BCUT2D eigenvalue weighted by molar-refractivity contribution is 5.98. The van der Waals surface area contributed by atoms with Crippen LogP contribution in [0.4, 0.5) is 4.79 Å². The molecule has 2 fully saturated rings. The largest absolute Gasteiger partial charge is 0.465 e. The summed E-state index contributed by atoms with van der Waals surface area (Å²) >= 11 is 0. The first kappa shape index (κ1) is 28.9. The van der Waals surface area contributed by atoms with Gasteiger partial charge in [-0.05, 0) is 38.2 Å². The summed E-state index contributed by atoms with van der Waals surface area (Å²) in [6.07, 6.45) is -1.11. The molecule has 5 amide bonds. The zero-order chi connectivity index (χ0) is 28.0. The number of carboxylic acid groups (broad SMARTS) is 1. The summed E-state index contributed by atoms with van der Waals surface area (Å²) in [5, 5.41) is 33.1. The Morgan fingerprint density at radius 2 is 1.79 bits per heavy atom. The molecule has 5 atom stereocenters. The molecule has 1 aromatic rings. The summed E-state index contributed by atoms with van der Waals surface area (Å²) in [5.41, 5.74) is 4.74. The average molecular weight is 534 g/mol. The highest BCUT2D eigenvalue weighted by Crippen LogP contribution is 2.36. The van der Waals surface area contributed by atoms with Crippen molar-refractivity contribution in [1.29, 1.82) is 0 Å². The first-order chi connectivity index (χ1) is 18.0.